The molecule has 0 saturated carbocycles. The monoisotopic (exact) mass is 458 g/mol. The molecule has 3 heterocycles. The smallest absolute Gasteiger partial charge is 0.227 e. The van der Waals surface area contributed by atoms with Crippen molar-refractivity contribution in [3.8, 4) is 5.69 Å². The fourth-order valence-corrected chi connectivity index (χ4v) is 4.38. The Morgan fingerprint density at radius 1 is 1.09 bits per heavy atom. The third-order valence-corrected chi connectivity index (χ3v) is 6.18. The van der Waals surface area contributed by atoms with Gasteiger partial charge in [-0.05, 0) is 42.8 Å². The quantitative estimate of drug-likeness (QED) is 0.439. The Kier molecular flexibility index (Phi) is 6.33. The maximum atomic E-state index is 14.4. The van der Waals surface area contributed by atoms with Crippen LogP contribution in [0.2, 0.25) is 0 Å². The lowest BCUT2D eigenvalue weighted by atomic mass is 9.99. The Bertz CT molecular complexity index is 1290. The number of imidazole rings is 1. The predicted molar refractivity (Wildman–Crippen MR) is 129 cm³/mol. The van der Waals surface area contributed by atoms with Gasteiger partial charge in [-0.1, -0.05) is 18.2 Å². The Labute approximate surface area is 197 Å². The number of hydrogen-bond acceptors (Lipinski definition) is 6. The molecule has 2 N–H and O–H groups in total. The van der Waals surface area contributed by atoms with Crippen molar-refractivity contribution in [2.75, 3.05) is 25.0 Å². The first-order chi connectivity index (χ1) is 16.6. The molecule has 1 aliphatic rings. The van der Waals surface area contributed by atoms with Crippen molar-refractivity contribution in [1.82, 2.24) is 24.4 Å². The van der Waals surface area contributed by atoms with Gasteiger partial charge in [0.15, 0.2) is 0 Å². The summed E-state index contributed by atoms with van der Waals surface area (Å²) in [6, 6.07) is 14.8. The van der Waals surface area contributed by atoms with Gasteiger partial charge >= 0.3 is 0 Å². The van der Waals surface area contributed by atoms with Crippen molar-refractivity contribution in [2.45, 2.75) is 26.3 Å². The number of nitrogens with zero attached hydrogens (tertiary/aromatic N) is 5. The van der Waals surface area contributed by atoms with E-state index in [4.69, 9.17) is 9.97 Å². The molecule has 1 aliphatic heterocycles. The standard InChI is InChI=1S/C26H27FN6O/c1-18-28-11-13-33(18)21-8-6-20(7-9-21)29-26-30-24-10-12-32(14-15-34)17-22(24)25(31-26)16-19-4-2-3-5-23(19)27/h2-9,11,13,34H,10,12,14-17H2,1H3,(H,29,30,31). The lowest BCUT2D eigenvalue weighted by Gasteiger charge is -2.29. The fourth-order valence-electron chi connectivity index (χ4n) is 4.38. The predicted octanol–water partition coefficient (Wildman–Crippen LogP) is 3.79. The highest BCUT2D eigenvalue weighted by atomic mass is 19.1. The summed E-state index contributed by atoms with van der Waals surface area (Å²) in [5.41, 5.74) is 5.31. The second-order valence-electron chi connectivity index (χ2n) is 8.45. The number of nitrogens with one attached hydrogen (secondary N) is 1. The molecule has 0 unspecified atom stereocenters. The number of β-amino-alcohol motifs (C(OH)–C–C–N with tert-alkyl or cyclic N) is 1. The second-order valence-corrected chi connectivity index (χ2v) is 8.45. The van der Waals surface area contributed by atoms with Crippen LogP contribution in [-0.2, 0) is 19.4 Å². The van der Waals surface area contributed by atoms with Crippen molar-refractivity contribution >= 4 is 11.6 Å². The van der Waals surface area contributed by atoms with Crippen molar-refractivity contribution in [3.05, 3.63) is 95.1 Å². The molecule has 34 heavy (non-hydrogen) atoms. The van der Waals surface area contributed by atoms with Crippen LogP contribution >= 0.6 is 0 Å². The third kappa shape index (κ3) is 4.69. The van der Waals surface area contributed by atoms with E-state index in [2.05, 4.69) is 15.2 Å². The van der Waals surface area contributed by atoms with Crippen LogP contribution in [0.5, 0.6) is 0 Å². The molecule has 5 rings (SSSR count). The van der Waals surface area contributed by atoms with Gasteiger partial charge in [0, 0.05) is 61.8 Å². The zero-order chi connectivity index (χ0) is 23.5. The summed E-state index contributed by atoms with van der Waals surface area (Å²) < 4.78 is 16.4. The summed E-state index contributed by atoms with van der Waals surface area (Å²) in [6.07, 6.45) is 4.86. The topological polar surface area (TPSA) is 79.1 Å². The van der Waals surface area contributed by atoms with E-state index in [0.29, 0.717) is 31.0 Å². The number of benzene rings is 2. The molecule has 0 atom stereocenters. The average molecular weight is 459 g/mol. The Morgan fingerprint density at radius 2 is 1.91 bits per heavy atom. The third-order valence-electron chi connectivity index (χ3n) is 6.18. The van der Waals surface area contributed by atoms with E-state index in [1.807, 2.05) is 48.0 Å². The largest absolute Gasteiger partial charge is 0.395 e. The summed E-state index contributed by atoms with van der Waals surface area (Å²) in [5, 5.41) is 12.7. The van der Waals surface area contributed by atoms with Crippen LogP contribution in [0.3, 0.4) is 0 Å². The molecule has 8 heteroatoms. The lowest BCUT2D eigenvalue weighted by Crippen LogP contribution is -2.34. The Balaban J connectivity index is 1.45. The maximum absolute atomic E-state index is 14.4. The zero-order valence-electron chi connectivity index (χ0n) is 19.1. The van der Waals surface area contributed by atoms with E-state index in [-0.39, 0.29) is 12.4 Å². The van der Waals surface area contributed by atoms with Crippen LogP contribution in [0.4, 0.5) is 16.0 Å². The summed E-state index contributed by atoms with van der Waals surface area (Å²) in [4.78, 5) is 16.1. The fraction of sp³-hybridized carbons (Fsp3) is 0.269. The highest BCUT2D eigenvalue weighted by Crippen LogP contribution is 2.26. The van der Waals surface area contributed by atoms with E-state index in [1.54, 1.807) is 18.3 Å². The lowest BCUT2D eigenvalue weighted by molar-refractivity contribution is 0.183. The highest BCUT2D eigenvalue weighted by molar-refractivity contribution is 5.56. The van der Waals surface area contributed by atoms with Crippen molar-refractivity contribution in [2.24, 2.45) is 0 Å². The van der Waals surface area contributed by atoms with Crippen LogP contribution in [0.15, 0.2) is 60.9 Å². The molecule has 174 valence electrons. The zero-order valence-corrected chi connectivity index (χ0v) is 19.1. The SMILES string of the molecule is Cc1nccn1-c1ccc(Nc2nc3c(c(Cc4ccccc4F)n2)CN(CCO)CC3)cc1. The molecule has 0 amide bonds. The molecule has 0 saturated heterocycles. The number of rotatable bonds is 7. The molecule has 2 aromatic heterocycles. The number of hydrogen-bond donors (Lipinski definition) is 2. The Hall–Kier alpha value is -3.62. The van der Waals surface area contributed by atoms with Gasteiger partial charge in [0.05, 0.1) is 18.0 Å². The molecule has 0 radical (unpaired) electrons. The molecule has 0 spiro atoms. The minimum absolute atomic E-state index is 0.104. The molecule has 7 nitrogen and oxygen atoms in total. The molecule has 0 fully saturated rings. The number of aromatic nitrogens is 4. The number of fused-ring (bicyclic) bond motifs is 1. The van der Waals surface area contributed by atoms with Gasteiger partial charge in [-0.2, -0.15) is 0 Å². The first kappa shape index (κ1) is 22.2. The van der Waals surface area contributed by atoms with E-state index in [1.165, 1.54) is 6.07 Å². The maximum Gasteiger partial charge on any atom is 0.227 e. The normalized spacial score (nSPS) is 13.6. The molecular formula is C26H27FN6O. The van der Waals surface area contributed by atoms with Gasteiger partial charge < -0.3 is 15.0 Å². The average Bonchev–Trinajstić information content (AvgIpc) is 3.27. The van der Waals surface area contributed by atoms with Gasteiger partial charge in [0.25, 0.3) is 0 Å². The first-order valence-corrected chi connectivity index (χ1v) is 11.4. The van der Waals surface area contributed by atoms with Gasteiger partial charge in [-0.3, -0.25) is 4.90 Å². The number of anilines is 2. The van der Waals surface area contributed by atoms with Gasteiger partial charge in [0.2, 0.25) is 5.95 Å². The first-order valence-electron chi connectivity index (χ1n) is 11.4. The van der Waals surface area contributed by atoms with Crippen LogP contribution < -0.4 is 5.32 Å². The van der Waals surface area contributed by atoms with Gasteiger partial charge in [-0.15, -0.1) is 0 Å². The van der Waals surface area contributed by atoms with Gasteiger partial charge in [-0.25, -0.2) is 19.3 Å². The Morgan fingerprint density at radius 3 is 2.65 bits per heavy atom. The van der Waals surface area contributed by atoms with Crippen LogP contribution in [0, 0.1) is 12.7 Å². The summed E-state index contributed by atoms with van der Waals surface area (Å²) in [5.74, 6) is 1.19. The van der Waals surface area contributed by atoms with E-state index in [0.717, 1.165) is 47.1 Å². The van der Waals surface area contributed by atoms with E-state index >= 15 is 0 Å². The molecule has 2 aromatic carbocycles. The van der Waals surface area contributed by atoms with Crippen molar-refractivity contribution < 1.29 is 9.50 Å². The molecular weight excluding hydrogens is 431 g/mol. The molecule has 0 aliphatic carbocycles. The summed E-state index contributed by atoms with van der Waals surface area (Å²) in [6.45, 7) is 4.14. The molecule has 0 bridgehead atoms. The van der Waals surface area contributed by atoms with Crippen LogP contribution in [0.1, 0.15) is 28.3 Å². The minimum Gasteiger partial charge on any atom is -0.395 e. The second kappa shape index (κ2) is 9.70. The van der Waals surface area contributed by atoms with Crippen LogP contribution in [-0.4, -0.2) is 49.2 Å². The van der Waals surface area contributed by atoms with Crippen molar-refractivity contribution in [1.29, 1.82) is 0 Å². The number of aliphatic hydroxyl groups is 1. The van der Waals surface area contributed by atoms with Crippen molar-refractivity contribution in [3.63, 3.8) is 0 Å². The van der Waals surface area contributed by atoms with Gasteiger partial charge in [0.1, 0.15) is 11.6 Å². The minimum atomic E-state index is -0.238. The summed E-state index contributed by atoms with van der Waals surface area (Å²) in [7, 11) is 0. The number of aliphatic hydroxyl groups excluding tert-OH is 1. The highest BCUT2D eigenvalue weighted by Gasteiger charge is 2.23. The summed E-state index contributed by atoms with van der Waals surface area (Å²) >= 11 is 0. The number of halogens is 1. The number of aryl methyl sites for hydroxylation is 1. The van der Waals surface area contributed by atoms with E-state index in [9.17, 15) is 9.50 Å². The van der Waals surface area contributed by atoms with E-state index < -0.39 is 0 Å². The van der Waals surface area contributed by atoms with Crippen LogP contribution in [0.25, 0.3) is 5.69 Å². The molecule has 4 aromatic rings.